The molecule has 6 heteroatoms. The molecule has 0 aromatic rings. The first-order valence-electron chi connectivity index (χ1n) is 27.0. The van der Waals surface area contributed by atoms with Crippen LogP contribution >= 0.6 is 0 Å². The van der Waals surface area contributed by atoms with Gasteiger partial charge in [0.1, 0.15) is 13.2 Å². The summed E-state index contributed by atoms with van der Waals surface area (Å²) in [5.74, 6) is -1.05. The summed E-state index contributed by atoms with van der Waals surface area (Å²) in [6.45, 7) is 6.21. The van der Waals surface area contributed by atoms with Crippen LogP contribution in [0.3, 0.4) is 0 Å². The van der Waals surface area contributed by atoms with Crippen LogP contribution in [-0.4, -0.2) is 37.2 Å². The van der Waals surface area contributed by atoms with Gasteiger partial charge < -0.3 is 14.2 Å². The molecule has 0 heterocycles. The Bertz CT molecular complexity index is 1720. The van der Waals surface area contributed by atoms with Gasteiger partial charge in [-0.15, -0.1) is 0 Å². The molecule has 0 aliphatic carbocycles. The van der Waals surface area contributed by atoms with Gasteiger partial charge in [-0.25, -0.2) is 0 Å². The number of unbranched alkanes of at least 4 members (excludes halogenated alkanes) is 16. The standard InChI is InChI=1S/C64H94O6/c1-4-7-10-13-16-19-22-25-28-30-32-34-36-39-42-45-48-51-54-57-63(66)69-60-61(59-68-62(65)56-53-50-47-44-41-38-35-27-24-21-18-15-12-9-6-3)70-64(67)58-55-52-49-46-43-40-37-33-31-29-26-23-20-17-14-11-8-5-2/h7,9-10,12-13,15-16,18-19,21-39,41-42,61H,4-6,8,11,14,17,20,40,43-60H2,1-3H3/b10-7-,12-9-,16-13-,18-15-,22-19-,24-21-,26-23-,28-25-,31-29-,32-30+,35-27-,36-34-,37-33-,41-38-,42-39-. The molecule has 1 unspecified atom stereocenters. The van der Waals surface area contributed by atoms with E-state index in [-0.39, 0.29) is 50.4 Å². The molecule has 0 aliphatic rings. The maximum Gasteiger partial charge on any atom is 0.306 e. The number of hydrogen-bond donors (Lipinski definition) is 0. The van der Waals surface area contributed by atoms with Gasteiger partial charge in [0, 0.05) is 19.3 Å². The predicted octanol–water partition coefficient (Wildman–Crippen LogP) is 18.1. The van der Waals surface area contributed by atoms with E-state index in [1.54, 1.807) is 0 Å². The third-order valence-corrected chi connectivity index (χ3v) is 10.5. The molecule has 0 rings (SSSR count). The molecule has 0 spiro atoms. The smallest absolute Gasteiger partial charge is 0.306 e. The van der Waals surface area contributed by atoms with Crippen LogP contribution in [0.1, 0.15) is 181 Å². The van der Waals surface area contributed by atoms with E-state index in [2.05, 4.69) is 81.5 Å². The van der Waals surface area contributed by atoms with Gasteiger partial charge in [0.2, 0.25) is 0 Å². The lowest BCUT2D eigenvalue weighted by Gasteiger charge is -2.18. The Hall–Kier alpha value is -5.49. The first-order chi connectivity index (χ1) is 34.5. The molecule has 0 aliphatic heterocycles. The highest BCUT2D eigenvalue weighted by Gasteiger charge is 2.19. The Morgan fingerprint density at radius 1 is 0.300 bits per heavy atom. The summed E-state index contributed by atoms with van der Waals surface area (Å²) in [7, 11) is 0. The summed E-state index contributed by atoms with van der Waals surface area (Å²) in [6.07, 6.45) is 84.3. The lowest BCUT2D eigenvalue weighted by atomic mass is 10.1. The highest BCUT2D eigenvalue weighted by molar-refractivity contribution is 5.71. The van der Waals surface area contributed by atoms with Gasteiger partial charge in [-0.2, -0.15) is 0 Å². The van der Waals surface area contributed by atoms with E-state index in [9.17, 15) is 14.4 Å². The molecular formula is C64H94O6. The van der Waals surface area contributed by atoms with Crippen molar-refractivity contribution in [3.63, 3.8) is 0 Å². The topological polar surface area (TPSA) is 78.9 Å². The summed E-state index contributed by atoms with van der Waals surface area (Å²) < 4.78 is 16.7. The highest BCUT2D eigenvalue weighted by Crippen LogP contribution is 2.12. The van der Waals surface area contributed by atoms with Crippen molar-refractivity contribution in [3.05, 3.63) is 182 Å². The second-order valence-electron chi connectivity index (χ2n) is 17.0. The van der Waals surface area contributed by atoms with Gasteiger partial charge in [-0.3, -0.25) is 14.4 Å². The van der Waals surface area contributed by atoms with Crippen molar-refractivity contribution in [3.8, 4) is 0 Å². The van der Waals surface area contributed by atoms with Crippen LogP contribution in [0.5, 0.6) is 0 Å². The maximum absolute atomic E-state index is 12.8. The van der Waals surface area contributed by atoms with E-state index in [0.29, 0.717) is 12.8 Å². The highest BCUT2D eigenvalue weighted by atomic mass is 16.6. The van der Waals surface area contributed by atoms with Gasteiger partial charge >= 0.3 is 17.9 Å². The van der Waals surface area contributed by atoms with Crippen LogP contribution in [0.4, 0.5) is 0 Å². The van der Waals surface area contributed by atoms with E-state index in [4.69, 9.17) is 14.2 Å². The van der Waals surface area contributed by atoms with Gasteiger partial charge in [0.05, 0.1) is 0 Å². The van der Waals surface area contributed by atoms with Crippen molar-refractivity contribution in [2.75, 3.05) is 13.2 Å². The Morgan fingerprint density at radius 2 is 0.557 bits per heavy atom. The van der Waals surface area contributed by atoms with E-state index in [0.717, 1.165) is 96.3 Å². The van der Waals surface area contributed by atoms with Crippen LogP contribution in [0, 0.1) is 0 Å². The predicted molar refractivity (Wildman–Crippen MR) is 301 cm³/mol. The number of carbonyl (C=O) groups is 3. The zero-order chi connectivity index (χ0) is 50.7. The fourth-order valence-electron chi connectivity index (χ4n) is 6.50. The number of hydrogen-bond acceptors (Lipinski definition) is 6. The molecule has 0 N–H and O–H groups in total. The average Bonchev–Trinajstić information content (AvgIpc) is 3.36. The molecule has 1 atom stereocenters. The number of carbonyl (C=O) groups excluding carboxylic acids is 3. The van der Waals surface area contributed by atoms with Crippen molar-refractivity contribution in [2.24, 2.45) is 0 Å². The molecule has 0 aromatic carbocycles. The summed E-state index contributed by atoms with van der Waals surface area (Å²) in [5.41, 5.74) is 0. The first-order valence-corrected chi connectivity index (χ1v) is 27.0. The molecule has 0 amide bonds. The molecule has 0 saturated heterocycles. The number of rotatable bonds is 45. The van der Waals surface area contributed by atoms with E-state index >= 15 is 0 Å². The summed E-state index contributed by atoms with van der Waals surface area (Å²) in [6, 6.07) is 0. The Labute approximate surface area is 427 Å². The zero-order valence-electron chi connectivity index (χ0n) is 43.9. The van der Waals surface area contributed by atoms with Crippen molar-refractivity contribution < 1.29 is 28.6 Å². The van der Waals surface area contributed by atoms with Crippen molar-refractivity contribution >= 4 is 17.9 Å². The Morgan fingerprint density at radius 3 is 0.886 bits per heavy atom. The van der Waals surface area contributed by atoms with Crippen LogP contribution in [0.15, 0.2) is 182 Å². The van der Waals surface area contributed by atoms with E-state index in [1.807, 2.05) is 122 Å². The second-order valence-corrected chi connectivity index (χ2v) is 17.0. The summed E-state index contributed by atoms with van der Waals surface area (Å²) >= 11 is 0. The van der Waals surface area contributed by atoms with Gasteiger partial charge in [-0.1, -0.05) is 261 Å². The van der Waals surface area contributed by atoms with Gasteiger partial charge in [-0.05, 0) is 83.5 Å². The molecule has 0 fully saturated rings. The zero-order valence-corrected chi connectivity index (χ0v) is 43.9. The first kappa shape index (κ1) is 64.5. The summed E-state index contributed by atoms with van der Waals surface area (Å²) in [4.78, 5) is 38.1. The fraction of sp³-hybridized carbons (Fsp3) is 0.484. The maximum atomic E-state index is 12.8. The second kappa shape index (κ2) is 56.1. The Kier molecular flexibility index (Phi) is 51.7. The van der Waals surface area contributed by atoms with Crippen molar-refractivity contribution in [2.45, 2.75) is 187 Å². The van der Waals surface area contributed by atoms with E-state index in [1.165, 1.54) is 32.1 Å². The lowest BCUT2D eigenvalue weighted by molar-refractivity contribution is -0.167. The monoisotopic (exact) mass is 959 g/mol. The van der Waals surface area contributed by atoms with Crippen LogP contribution < -0.4 is 0 Å². The third kappa shape index (κ3) is 53.5. The molecule has 386 valence electrons. The van der Waals surface area contributed by atoms with E-state index < -0.39 is 6.10 Å². The molecular weight excluding hydrogens is 865 g/mol. The molecule has 0 saturated carbocycles. The van der Waals surface area contributed by atoms with Crippen LogP contribution in [-0.2, 0) is 28.6 Å². The van der Waals surface area contributed by atoms with Crippen molar-refractivity contribution in [1.29, 1.82) is 0 Å². The molecule has 0 bridgehead atoms. The lowest BCUT2D eigenvalue weighted by Crippen LogP contribution is -2.30. The molecule has 0 radical (unpaired) electrons. The van der Waals surface area contributed by atoms with Gasteiger partial charge in [0.25, 0.3) is 0 Å². The van der Waals surface area contributed by atoms with Gasteiger partial charge in [0.15, 0.2) is 6.10 Å². The number of allylic oxidation sites excluding steroid dienone is 30. The third-order valence-electron chi connectivity index (χ3n) is 10.5. The van der Waals surface area contributed by atoms with Crippen LogP contribution in [0.2, 0.25) is 0 Å². The minimum Gasteiger partial charge on any atom is -0.462 e. The minimum atomic E-state index is -0.837. The molecule has 0 aromatic heterocycles. The molecule has 70 heavy (non-hydrogen) atoms. The largest absolute Gasteiger partial charge is 0.462 e. The molecule has 6 nitrogen and oxygen atoms in total. The minimum absolute atomic E-state index is 0.134. The van der Waals surface area contributed by atoms with Crippen LogP contribution in [0.25, 0.3) is 0 Å². The van der Waals surface area contributed by atoms with Crippen molar-refractivity contribution in [1.82, 2.24) is 0 Å². The quantitative estimate of drug-likeness (QED) is 0.0262. The Balaban J connectivity index is 4.66. The summed E-state index contributed by atoms with van der Waals surface area (Å²) in [5, 5.41) is 0. The SMILES string of the molecule is CC\C=C/C=C\C=C/C=C\C=C/CCCCCC(=O)OCC(COC(=O)CCCCC\C=C/C=C\C=C\C=C/C=C\C=C/C=C\CC)OC(=O)CCCCCCC\C=C/C=C\C=C/CCCCCCC. The number of esters is 3. The fourth-order valence-corrected chi connectivity index (χ4v) is 6.50. The normalized spacial score (nSPS) is 13.6. The average molecular weight is 959 g/mol. The number of ether oxygens (including phenoxy) is 3.